The fourth-order valence-electron chi connectivity index (χ4n) is 4.43. The molecule has 0 saturated carbocycles. The monoisotopic (exact) mass is 460 g/mol. The van der Waals surface area contributed by atoms with Gasteiger partial charge >= 0.3 is 0 Å². The summed E-state index contributed by atoms with van der Waals surface area (Å²) in [5.41, 5.74) is 5.29. The summed E-state index contributed by atoms with van der Waals surface area (Å²) in [6.07, 6.45) is 2.71. The number of hydrogen-bond acceptors (Lipinski definition) is 3. The van der Waals surface area contributed by atoms with Crippen LogP contribution in [-0.2, 0) is 11.2 Å². The highest BCUT2D eigenvalue weighted by Gasteiger charge is 2.34. The Morgan fingerprint density at radius 3 is 2.33 bits per heavy atom. The van der Waals surface area contributed by atoms with E-state index in [2.05, 4.69) is 49.6 Å². The Kier molecular flexibility index (Phi) is 7.29. The van der Waals surface area contributed by atoms with Gasteiger partial charge in [0.05, 0.1) is 6.04 Å². The quantitative estimate of drug-likeness (QED) is 0.448. The van der Waals surface area contributed by atoms with Gasteiger partial charge in [-0.3, -0.25) is 9.59 Å². The van der Waals surface area contributed by atoms with Gasteiger partial charge in [0.1, 0.15) is 6.54 Å². The molecule has 0 fully saturated rings. The number of amides is 2. The summed E-state index contributed by atoms with van der Waals surface area (Å²) in [5.74, 6) is -0.0640. The average Bonchev–Trinajstić information content (AvgIpc) is 3.30. The predicted molar refractivity (Wildman–Crippen MR) is 135 cm³/mol. The van der Waals surface area contributed by atoms with Gasteiger partial charge in [-0.2, -0.15) is 0 Å². The van der Waals surface area contributed by atoms with Gasteiger partial charge in [0.15, 0.2) is 0 Å². The van der Waals surface area contributed by atoms with Crippen LogP contribution in [0.4, 0.5) is 0 Å². The maximum atomic E-state index is 13.7. The number of rotatable bonds is 7. The molecule has 4 rings (SSSR count). The molecule has 2 heterocycles. The molecule has 0 N–H and O–H groups in total. The first kappa shape index (κ1) is 23.2. The van der Waals surface area contributed by atoms with Crippen molar-refractivity contribution >= 4 is 23.2 Å². The molecule has 0 spiro atoms. The Bertz CT molecular complexity index is 1100. The van der Waals surface area contributed by atoms with Gasteiger partial charge in [-0.15, -0.1) is 11.3 Å². The molecule has 3 aromatic rings. The average molecular weight is 461 g/mol. The summed E-state index contributed by atoms with van der Waals surface area (Å²) in [6, 6.07) is 18.1. The minimum Gasteiger partial charge on any atom is -0.330 e. The molecule has 1 aliphatic rings. The Morgan fingerprint density at radius 2 is 1.67 bits per heavy atom. The van der Waals surface area contributed by atoms with Crippen molar-refractivity contribution in [2.45, 2.75) is 46.1 Å². The fraction of sp³-hybridized carbons (Fsp3) is 0.357. The summed E-state index contributed by atoms with van der Waals surface area (Å²) in [6.45, 7) is 7.55. The van der Waals surface area contributed by atoms with E-state index in [4.69, 9.17) is 0 Å². The zero-order chi connectivity index (χ0) is 23.4. The van der Waals surface area contributed by atoms with E-state index in [9.17, 15) is 9.59 Å². The van der Waals surface area contributed by atoms with Crippen LogP contribution in [0.3, 0.4) is 0 Å². The number of unbranched alkanes of at least 4 members (excludes halogenated alkanes) is 1. The number of carbonyl (C=O) groups excluding carboxylic acids is 2. The SMILES string of the molecule is CCCCN(CC(=O)N1CCc2sccc2C1c1ccc(C)cc1)C(=O)c1ccc(C)cc1. The number of aryl methyl sites for hydroxylation is 2. The third-order valence-corrected chi connectivity index (χ3v) is 7.37. The highest BCUT2D eigenvalue weighted by molar-refractivity contribution is 7.10. The third kappa shape index (κ3) is 5.19. The zero-order valence-electron chi connectivity index (χ0n) is 19.7. The van der Waals surface area contributed by atoms with E-state index in [1.807, 2.05) is 36.1 Å². The van der Waals surface area contributed by atoms with E-state index in [0.717, 1.165) is 30.4 Å². The number of nitrogens with zero attached hydrogens (tertiary/aromatic N) is 2. The topological polar surface area (TPSA) is 40.6 Å². The largest absolute Gasteiger partial charge is 0.330 e. The highest BCUT2D eigenvalue weighted by Crippen LogP contribution is 2.38. The molecular formula is C28H32N2O2S. The van der Waals surface area contributed by atoms with Crippen molar-refractivity contribution in [2.24, 2.45) is 0 Å². The molecule has 172 valence electrons. The third-order valence-electron chi connectivity index (χ3n) is 6.37. The van der Waals surface area contributed by atoms with Crippen LogP contribution < -0.4 is 0 Å². The van der Waals surface area contributed by atoms with E-state index < -0.39 is 0 Å². The second-order valence-corrected chi connectivity index (χ2v) is 9.90. The van der Waals surface area contributed by atoms with E-state index in [-0.39, 0.29) is 24.4 Å². The van der Waals surface area contributed by atoms with Gasteiger partial charge in [0.25, 0.3) is 5.91 Å². The molecule has 4 nitrogen and oxygen atoms in total. The minimum atomic E-state index is -0.101. The maximum absolute atomic E-state index is 13.7. The van der Waals surface area contributed by atoms with E-state index in [1.165, 1.54) is 16.0 Å². The second-order valence-electron chi connectivity index (χ2n) is 8.90. The van der Waals surface area contributed by atoms with E-state index in [1.54, 1.807) is 16.2 Å². The van der Waals surface area contributed by atoms with Gasteiger partial charge in [0.2, 0.25) is 5.91 Å². The van der Waals surface area contributed by atoms with Crippen molar-refractivity contribution in [2.75, 3.05) is 19.6 Å². The molecule has 33 heavy (non-hydrogen) atoms. The van der Waals surface area contributed by atoms with Crippen LogP contribution in [0.1, 0.15) is 63.3 Å². The lowest BCUT2D eigenvalue weighted by atomic mass is 9.92. The lowest BCUT2D eigenvalue weighted by Crippen LogP contribution is -2.47. The molecule has 5 heteroatoms. The molecule has 2 aromatic carbocycles. The lowest BCUT2D eigenvalue weighted by molar-refractivity contribution is -0.134. The van der Waals surface area contributed by atoms with Crippen molar-refractivity contribution < 1.29 is 9.59 Å². The van der Waals surface area contributed by atoms with Gasteiger partial charge in [0, 0.05) is 23.5 Å². The summed E-state index contributed by atoms with van der Waals surface area (Å²) in [4.78, 5) is 32.0. The smallest absolute Gasteiger partial charge is 0.254 e. The lowest BCUT2D eigenvalue weighted by Gasteiger charge is -2.37. The van der Waals surface area contributed by atoms with Crippen molar-refractivity contribution in [3.05, 3.63) is 92.7 Å². The first-order chi connectivity index (χ1) is 16.0. The number of thiophene rings is 1. The molecule has 1 unspecified atom stereocenters. The Hall–Kier alpha value is -2.92. The number of benzene rings is 2. The molecule has 0 radical (unpaired) electrons. The highest BCUT2D eigenvalue weighted by atomic mass is 32.1. The van der Waals surface area contributed by atoms with Crippen LogP contribution >= 0.6 is 11.3 Å². The van der Waals surface area contributed by atoms with Crippen LogP contribution in [0.15, 0.2) is 60.0 Å². The van der Waals surface area contributed by atoms with Crippen LogP contribution in [0.5, 0.6) is 0 Å². The number of hydrogen-bond donors (Lipinski definition) is 0. The van der Waals surface area contributed by atoms with Crippen molar-refractivity contribution in [1.29, 1.82) is 0 Å². The first-order valence-corrected chi connectivity index (χ1v) is 12.6. The molecule has 0 bridgehead atoms. The predicted octanol–water partition coefficient (Wildman–Crippen LogP) is 5.78. The Morgan fingerprint density at radius 1 is 1.00 bits per heavy atom. The molecule has 0 saturated heterocycles. The Balaban J connectivity index is 1.60. The van der Waals surface area contributed by atoms with Crippen LogP contribution in [-0.4, -0.2) is 41.2 Å². The summed E-state index contributed by atoms with van der Waals surface area (Å²) < 4.78 is 0. The van der Waals surface area contributed by atoms with Gasteiger partial charge < -0.3 is 9.80 Å². The first-order valence-electron chi connectivity index (χ1n) is 11.8. The fourth-order valence-corrected chi connectivity index (χ4v) is 5.33. The summed E-state index contributed by atoms with van der Waals surface area (Å²) in [5, 5.41) is 2.12. The van der Waals surface area contributed by atoms with Crippen molar-refractivity contribution in [1.82, 2.24) is 9.80 Å². The number of fused-ring (bicyclic) bond motifs is 1. The normalized spacial score (nSPS) is 15.2. The minimum absolute atomic E-state index is 0.00832. The molecule has 1 atom stereocenters. The molecule has 1 aliphatic heterocycles. The van der Waals surface area contributed by atoms with Gasteiger partial charge in [-0.05, 0) is 61.4 Å². The number of carbonyl (C=O) groups is 2. The van der Waals surface area contributed by atoms with Gasteiger partial charge in [-0.25, -0.2) is 0 Å². The zero-order valence-corrected chi connectivity index (χ0v) is 20.5. The van der Waals surface area contributed by atoms with Crippen LogP contribution in [0.2, 0.25) is 0 Å². The van der Waals surface area contributed by atoms with Crippen molar-refractivity contribution in [3.8, 4) is 0 Å². The van der Waals surface area contributed by atoms with E-state index >= 15 is 0 Å². The molecule has 1 aromatic heterocycles. The second kappa shape index (κ2) is 10.3. The molecule has 2 amide bonds. The van der Waals surface area contributed by atoms with Crippen molar-refractivity contribution in [3.63, 3.8) is 0 Å². The maximum Gasteiger partial charge on any atom is 0.254 e. The Labute approximate surface area is 200 Å². The van der Waals surface area contributed by atoms with Crippen LogP contribution in [0, 0.1) is 13.8 Å². The standard InChI is InChI=1S/C28H32N2O2S/c1-4-5-16-29(28(32)23-12-8-21(3)9-13-23)19-26(31)30-17-14-25-24(15-18-33-25)27(30)22-10-6-20(2)7-11-22/h6-13,15,18,27H,4-5,14,16-17,19H2,1-3H3. The summed E-state index contributed by atoms with van der Waals surface area (Å²) in [7, 11) is 0. The van der Waals surface area contributed by atoms with Crippen LogP contribution in [0.25, 0.3) is 0 Å². The summed E-state index contributed by atoms with van der Waals surface area (Å²) >= 11 is 1.77. The molecular weight excluding hydrogens is 428 g/mol. The van der Waals surface area contributed by atoms with Gasteiger partial charge in [-0.1, -0.05) is 60.9 Å². The molecule has 0 aliphatic carbocycles. The van der Waals surface area contributed by atoms with E-state index in [0.29, 0.717) is 18.7 Å².